The maximum atomic E-state index is 13.1. The number of nitrogens with zero attached hydrogens (tertiary/aromatic N) is 2. The highest BCUT2D eigenvalue weighted by Crippen LogP contribution is 2.31. The van der Waals surface area contributed by atoms with E-state index in [-0.39, 0.29) is 16.8 Å². The molecule has 0 amide bonds. The molecule has 7 heteroatoms. The number of nitro benzene ring substituents is 1. The molecule has 0 spiro atoms. The Labute approximate surface area is 204 Å². The number of ether oxygens (including phenoxy) is 1. The summed E-state index contributed by atoms with van der Waals surface area (Å²) < 4.78 is 7.04. The molecule has 34 heavy (non-hydrogen) atoms. The second-order valence-corrected chi connectivity index (χ2v) is 8.34. The van der Waals surface area contributed by atoms with Crippen LogP contribution in [0.4, 0.5) is 5.69 Å². The predicted octanol–water partition coefficient (Wildman–Crippen LogP) is 6.88. The van der Waals surface area contributed by atoms with Crippen LogP contribution in [-0.2, 0) is 6.61 Å². The van der Waals surface area contributed by atoms with E-state index in [4.69, 9.17) is 4.74 Å². The van der Waals surface area contributed by atoms with E-state index in [2.05, 4.69) is 15.9 Å². The lowest BCUT2D eigenvalue weighted by molar-refractivity contribution is -0.384. The molecule has 0 saturated carbocycles. The molecule has 0 atom stereocenters. The van der Waals surface area contributed by atoms with Gasteiger partial charge in [-0.3, -0.25) is 14.9 Å². The van der Waals surface area contributed by atoms with Crippen LogP contribution in [0.1, 0.15) is 21.5 Å². The Bertz CT molecular complexity index is 1470. The van der Waals surface area contributed by atoms with Crippen LogP contribution in [-0.4, -0.2) is 10.7 Å². The van der Waals surface area contributed by atoms with Crippen LogP contribution in [0, 0.1) is 21.4 Å². The third-order valence-corrected chi connectivity index (χ3v) is 5.74. The fraction of sp³-hybridized carbons (Fsp3) is 0.0370. The molecule has 0 aliphatic carbocycles. The smallest absolute Gasteiger partial charge is 0.270 e. The summed E-state index contributed by atoms with van der Waals surface area (Å²) in [6.45, 7) is 0.299. The van der Waals surface area contributed by atoms with Crippen molar-refractivity contribution in [2.45, 2.75) is 6.61 Å². The molecular weight excluding hydrogens is 496 g/mol. The summed E-state index contributed by atoms with van der Waals surface area (Å²) in [7, 11) is 0. The SMILES string of the molecule is N#C/C(=C\c1c(OCc2ccc(Br)cc2)ccc2ccccc12)C(=O)c1cccc([N+](=O)[O-])c1. The van der Waals surface area contributed by atoms with E-state index in [0.29, 0.717) is 17.9 Å². The Kier molecular flexibility index (Phi) is 6.81. The van der Waals surface area contributed by atoms with E-state index in [1.54, 1.807) is 6.07 Å². The standard InChI is InChI=1S/C27H17BrN2O4/c28-22-11-8-18(9-12-22)17-34-26-13-10-19-4-1-2-7-24(19)25(26)15-21(16-29)27(31)20-5-3-6-23(14-20)30(32)33/h1-15H,17H2/b21-15+. The number of ketones is 1. The van der Waals surface area contributed by atoms with Gasteiger partial charge in [0.25, 0.3) is 5.69 Å². The number of Topliss-reactive ketones (excluding diaryl/α,β-unsaturated/α-hetero) is 1. The zero-order valence-corrected chi connectivity index (χ0v) is 19.4. The van der Waals surface area contributed by atoms with Crippen molar-refractivity contribution in [2.75, 3.05) is 0 Å². The van der Waals surface area contributed by atoms with Gasteiger partial charge in [0, 0.05) is 27.7 Å². The van der Waals surface area contributed by atoms with E-state index in [1.165, 1.54) is 30.3 Å². The van der Waals surface area contributed by atoms with Crippen LogP contribution >= 0.6 is 15.9 Å². The fourth-order valence-electron chi connectivity index (χ4n) is 3.50. The Morgan fingerprint density at radius 2 is 1.79 bits per heavy atom. The number of nitro groups is 1. The minimum absolute atomic E-state index is 0.0690. The quantitative estimate of drug-likeness (QED) is 0.0883. The minimum atomic E-state index is -0.599. The molecule has 166 valence electrons. The van der Waals surface area contributed by atoms with Gasteiger partial charge in [0.2, 0.25) is 5.78 Å². The highest BCUT2D eigenvalue weighted by Gasteiger charge is 2.17. The van der Waals surface area contributed by atoms with Gasteiger partial charge in [-0.2, -0.15) is 5.26 Å². The van der Waals surface area contributed by atoms with Gasteiger partial charge in [-0.15, -0.1) is 0 Å². The summed E-state index contributed by atoms with van der Waals surface area (Å²) in [5.41, 5.74) is 1.25. The number of fused-ring (bicyclic) bond motifs is 1. The lowest BCUT2D eigenvalue weighted by atomic mass is 9.97. The third kappa shape index (κ3) is 5.03. The first kappa shape index (κ1) is 22.9. The van der Waals surface area contributed by atoms with Crippen LogP contribution in [0.15, 0.2) is 95.0 Å². The summed E-state index contributed by atoms with van der Waals surface area (Å²) in [5, 5.41) is 22.6. The number of benzene rings is 4. The van der Waals surface area contributed by atoms with Crippen molar-refractivity contribution in [3.05, 3.63) is 122 Å². The molecule has 4 aromatic rings. The van der Waals surface area contributed by atoms with Gasteiger partial charge in [-0.1, -0.05) is 70.5 Å². The first-order valence-electron chi connectivity index (χ1n) is 10.3. The van der Waals surface area contributed by atoms with Gasteiger partial charge in [0.15, 0.2) is 0 Å². The molecule has 0 aromatic heterocycles. The number of non-ortho nitro benzene ring substituents is 1. The van der Waals surface area contributed by atoms with Gasteiger partial charge in [-0.05, 0) is 40.6 Å². The third-order valence-electron chi connectivity index (χ3n) is 5.21. The average Bonchev–Trinajstić information content (AvgIpc) is 2.87. The molecule has 0 fully saturated rings. The lowest BCUT2D eigenvalue weighted by Crippen LogP contribution is -2.04. The molecule has 4 rings (SSSR count). The van der Waals surface area contributed by atoms with Crippen LogP contribution in [0.3, 0.4) is 0 Å². The molecule has 0 aliphatic heterocycles. The second kappa shape index (κ2) is 10.1. The van der Waals surface area contributed by atoms with Crippen molar-refractivity contribution < 1.29 is 14.5 Å². The van der Waals surface area contributed by atoms with Gasteiger partial charge in [0.05, 0.1) is 4.92 Å². The van der Waals surface area contributed by atoms with Gasteiger partial charge < -0.3 is 4.74 Å². The van der Waals surface area contributed by atoms with Crippen molar-refractivity contribution >= 4 is 44.2 Å². The second-order valence-electron chi connectivity index (χ2n) is 7.42. The van der Waals surface area contributed by atoms with Crippen molar-refractivity contribution in [2.24, 2.45) is 0 Å². The number of halogens is 1. The van der Waals surface area contributed by atoms with E-state index < -0.39 is 10.7 Å². The molecule has 0 aliphatic rings. The molecule has 0 saturated heterocycles. The van der Waals surface area contributed by atoms with Crippen molar-refractivity contribution in [1.82, 2.24) is 0 Å². The minimum Gasteiger partial charge on any atom is -0.488 e. The van der Waals surface area contributed by atoms with E-state index in [0.717, 1.165) is 20.8 Å². The number of carbonyl (C=O) groups is 1. The monoisotopic (exact) mass is 512 g/mol. The zero-order chi connectivity index (χ0) is 24.1. The molecule has 6 nitrogen and oxygen atoms in total. The zero-order valence-electron chi connectivity index (χ0n) is 17.8. The van der Waals surface area contributed by atoms with E-state index in [1.807, 2.05) is 60.7 Å². The maximum absolute atomic E-state index is 13.1. The summed E-state index contributed by atoms with van der Waals surface area (Å²) in [6.07, 6.45) is 1.49. The van der Waals surface area contributed by atoms with Crippen molar-refractivity contribution in [3.63, 3.8) is 0 Å². The largest absolute Gasteiger partial charge is 0.488 e. The Morgan fingerprint density at radius 1 is 1.03 bits per heavy atom. The Morgan fingerprint density at radius 3 is 2.53 bits per heavy atom. The highest BCUT2D eigenvalue weighted by atomic mass is 79.9. The number of nitriles is 1. The van der Waals surface area contributed by atoms with Crippen LogP contribution in [0.2, 0.25) is 0 Å². The normalized spacial score (nSPS) is 11.1. The maximum Gasteiger partial charge on any atom is 0.270 e. The fourth-order valence-corrected chi connectivity index (χ4v) is 3.77. The predicted molar refractivity (Wildman–Crippen MR) is 133 cm³/mol. The molecule has 0 radical (unpaired) electrons. The number of hydrogen-bond acceptors (Lipinski definition) is 5. The Balaban J connectivity index is 1.76. The Hall–Kier alpha value is -4.28. The first-order valence-corrected chi connectivity index (χ1v) is 11.1. The molecular formula is C27H17BrN2O4. The topological polar surface area (TPSA) is 93.2 Å². The molecule has 4 aromatic carbocycles. The van der Waals surface area contributed by atoms with E-state index >= 15 is 0 Å². The summed E-state index contributed by atoms with van der Waals surface area (Å²) >= 11 is 3.41. The van der Waals surface area contributed by atoms with Gasteiger partial charge >= 0.3 is 0 Å². The molecule has 0 heterocycles. The van der Waals surface area contributed by atoms with Crippen molar-refractivity contribution in [1.29, 1.82) is 5.26 Å². The molecule has 0 bridgehead atoms. The number of rotatable bonds is 7. The van der Waals surface area contributed by atoms with E-state index in [9.17, 15) is 20.2 Å². The average molecular weight is 513 g/mol. The van der Waals surface area contributed by atoms with Gasteiger partial charge in [-0.25, -0.2) is 0 Å². The van der Waals surface area contributed by atoms with Gasteiger partial charge in [0.1, 0.15) is 24.0 Å². The summed E-state index contributed by atoms with van der Waals surface area (Å²) in [4.78, 5) is 23.6. The van der Waals surface area contributed by atoms with Crippen molar-refractivity contribution in [3.8, 4) is 11.8 Å². The lowest BCUT2D eigenvalue weighted by Gasteiger charge is -2.13. The summed E-state index contributed by atoms with van der Waals surface area (Å²) in [6, 6.07) is 26.3. The van der Waals surface area contributed by atoms with Crippen LogP contribution < -0.4 is 4.74 Å². The molecule has 0 N–H and O–H groups in total. The molecule has 0 unspecified atom stereocenters. The number of hydrogen-bond donors (Lipinski definition) is 0. The summed E-state index contributed by atoms with van der Waals surface area (Å²) in [5.74, 6) is -0.0841. The number of carbonyl (C=O) groups excluding carboxylic acids is 1. The first-order chi connectivity index (χ1) is 16.5. The highest BCUT2D eigenvalue weighted by molar-refractivity contribution is 9.10. The van der Waals surface area contributed by atoms with Crippen LogP contribution in [0.25, 0.3) is 16.8 Å². The van der Waals surface area contributed by atoms with Crippen LogP contribution in [0.5, 0.6) is 5.75 Å². The number of allylic oxidation sites excluding steroid dienone is 1.